The highest BCUT2D eigenvalue weighted by Gasteiger charge is 2.54. The first-order valence-electron chi connectivity index (χ1n) is 45.1. The van der Waals surface area contributed by atoms with Gasteiger partial charge in [-0.1, -0.05) is 73.4 Å². The summed E-state index contributed by atoms with van der Waals surface area (Å²) in [6.45, 7) is 4.69. The minimum atomic E-state index is -5.04. The van der Waals surface area contributed by atoms with Gasteiger partial charge in [0.05, 0.1) is 46.9 Å². The van der Waals surface area contributed by atoms with Crippen LogP contribution >= 0.6 is 23.2 Å². The molecule has 7 aromatic carbocycles. The maximum absolute atomic E-state index is 16.7. The fraction of sp³-hybridized carbons (Fsp3) is 0.411. The van der Waals surface area contributed by atoms with E-state index in [0.717, 1.165) is 78.4 Å². The second-order valence-corrected chi connectivity index (χ2v) is 36.6. The van der Waals surface area contributed by atoms with Crippen LogP contribution in [0.25, 0.3) is 11.1 Å². The number of primary amides is 1. The SMILES string of the molecule is CN[C@H](CC(C)C)C(=O)NC1C(=O)NC(CC(N)=O)C(=O)N[C@H]2C(=O)NC3C(=O)N[C@H](C(=O)NC(C(=O)O)c4cc(O)c(CNCCc5ccncc5)c(O)c4-c4cc3ccc4O)[C@H](O[C@H]3C[C@](C)(N)[C@@H](O)[C@H](C)O3)c3ccc(c(Cl)c3)Oc3cc2cc(c3O[C@@H]2O[C@H](CO)[C@@H](O[C@@H]3O[C@H](CNCc4cccc(NC(=O)c5cccc(OC(F)(F)F)c5)c4)[C@H](O)[C@H](O)[C@H]3O)[C@H](O)[C@H]2O)Oc2ccc(cc2Cl)[C@H]1O. The number of benzene rings is 7. The minimum absolute atomic E-state index is 0.0607. The Labute approximate surface area is 822 Å². The molecule has 1 aromatic heterocycles. The highest BCUT2D eigenvalue weighted by molar-refractivity contribution is 6.32. The third-order valence-corrected chi connectivity index (χ3v) is 25.4. The smallest absolute Gasteiger partial charge is 0.507 e. The Morgan fingerprint density at radius 2 is 1.31 bits per heavy atom. The van der Waals surface area contributed by atoms with E-state index in [9.17, 15) is 93.6 Å². The number of nitrogens with two attached hydrogens (primary N) is 2. The number of phenols is 3. The van der Waals surface area contributed by atoms with Crippen molar-refractivity contribution in [3.63, 3.8) is 0 Å². The van der Waals surface area contributed by atoms with Crippen LogP contribution in [0.2, 0.25) is 10.0 Å². The zero-order chi connectivity index (χ0) is 103. The van der Waals surface area contributed by atoms with E-state index in [4.69, 9.17) is 72.6 Å². The molecule has 3 saturated heterocycles. The Bertz CT molecular complexity index is 6060. The molecule has 0 radical (unpaired) electrons. The van der Waals surface area contributed by atoms with Crippen LogP contribution in [-0.4, -0.2) is 262 Å². The van der Waals surface area contributed by atoms with Crippen molar-refractivity contribution in [1.29, 1.82) is 0 Å². The van der Waals surface area contributed by atoms with Gasteiger partial charge in [0.25, 0.3) is 5.91 Å². The number of halogens is 5. The van der Waals surface area contributed by atoms with Gasteiger partial charge in [-0.05, 0) is 177 Å². The van der Waals surface area contributed by atoms with Gasteiger partial charge in [-0.15, -0.1) is 13.2 Å². The van der Waals surface area contributed by atoms with Crippen LogP contribution in [0, 0.1) is 5.92 Å². The Hall–Kier alpha value is -12.8. The summed E-state index contributed by atoms with van der Waals surface area (Å²) in [5.74, 6) is -18.7. The summed E-state index contributed by atoms with van der Waals surface area (Å²) in [5.41, 5.74) is 8.81. The number of phenolic OH excluding ortho intramolecular Hbond substituents is 3. The van der Waals surface area contributed by atoms with E-state index >= 15 is 24.0 Å². The van der Waals surface area contributed by atoms with Crippen LogP contribution in [0.4, 0.5) is 18.9 Å². The standard InChI is InChI=1S/C95H106Cl2F3N13O30/c1-39(2)24-55(103-5)85(127)112-71-73(118)44-13-16-59(53(96)28-44)136-61-30-47-31-62(81(61)141-93-79(124)77(122)82(64(38-114)139-93)142-92-78(123)76(121)75(120)63(138-92)37-106-35-42-8-6-10-48(25-42)107-84(126)46-9-7-11-49(26-46)143-95(98,99)100)137-60-17-14-45(29-54(60)97)80(140-66-34-94(4,102)83(125)40(3)135-66)72-90(132)111-70(91(133)134)51-32-58(116)52(36-105-23-20-41-18-21-104-22-19-41)74(119)67(51)50-27-43(12-15-57(50)115)68(87(129)113-72)110-88(130)69(47)109-86(128)56(33-65(101)117)108-89(71)131/h6-19,21-22,25-32,39-40,55-56,63-64,66,68-73,75-80,82-83,92-93,103,105-106,114-116,118-125H,20,23-24,33-38,102H2,1-5H3,(H2,101,117)(H,107,126)(H,108,131)(H,109,128)(H,110,130)(H,111,132)(H,112,127)(H,113,129)(H,133,134)/t40-,55+,56?,63+,64+,66-,68?,69+,70?,71?,72-,73+,75-,76-,77+,78+,79+,80+,82+,83-,92-,93-,94-/m0/s1. The molecule has 23 atom stereocenters. The summed E-state index contributed by atoms with van der Waals surface area (Å²) < 4.78 is 94.5. The molecule has 26 N–H and O–H groups in total. The lowest BCUT2D eigenvalue weighted by Crippen LogP contribution is -2.65. The average Bonchev–Trinajstić information content (AvgIpc) is 0.765. The molecule has 0 spiro atoms. The first-order valence-corrected chi connectivity index (χ1v) is 45.8. The Kier molecular flexibility index (Phi) is 33.4. The number of aliphatic carboxylic acids is 1. The number of nitrogens with zero attached hydrogens (tertiary/aromatic N) is 1. The molecule has 43 nitrogen and oxygen atoms in total. The molecule has 766 valence electrons. The highest BCUT2D eigenvalue weighted by atomic mass is 35.5. The Balaban J connectivity index is 0.893. The predicted molar refractivity (Wildman–Crippen MR) is 494 cm³/mol. The van der Waals surface area contributed by atoms with Crippen molar-refractivity contribution < 1.29 is 160 Å². The Morgan fingerprint density at radius 1 is 0.657 bits per heavy atom. The second kappa shape index (κ2) is 45.0. The quantitative estimate of drug-likeness (QED) is 0.0329. The van der Waals surface area contributed by atoms with Crippen LogP contribution in [0.3, 0.4) is 0 Å². The summed E-state index contributed by atoms with van der Waals surface area (Å²) in [4.78, 5) is 139. The van der Waals surface area contributed by atoms with Gasteiger partial charge >= 0.3 is 12.3 Å². The van der Waals surface area contributed by atoms with E-state index in [-0.39, 0.29) is 66.5 Å². The summed E-state index contributed by atoms with van der Waals surface area (Å²) in [7, 11) is 1.45. The number of rotatable bonds is 27. The van der Waals surface area contributed by atoms with Crippen molar-refractivity contribution in [2.45, 2.75) is 213 Å². The number of carboxylic acid groups (broad SMARTS) is 1. The number of aliphatic hydroxyl groups excluding tert-OH is 8. The lowest BCUT2D eigenvalue weighted by molar-refractivity contribution is -0.350. The first kappa shape index (κ1) is 106. The number of amides is 8. The molecule has 9 heterocycles. The molecule has 16 rings (SSSR count). The maximum Gasteiger partial charge on any atom is 0.573 e. The number of hydrogen-bond donors (Lipinski definition) is 24. The third-order valence-electron chi connectivity index (χ3n) is 24.8. The number of alkyl halides is 3. The van der Waals surface area contributed by atoms with Crippen LogP contribution < -0.4 is 83.6 Å². The van der Waals surface area contributed by atoms with E-state index in [2.05, 4.69) is 62.9 Å². The minimum Gasteiger partial charge on any atom is -0.507 e. The van der Waals surface area contributed by atoms with Crippen LogP contribution in [0.15, 0.2) is 146 Å². The number of anilines is 1. The molecule has 8 amide bonds. The zero-order valence-electron chi connectivity index (χ0n) is 76.7. The van der Waals surface area contributed by atoms with Crippen molar-refractivity contribution in [1.82, 2.24) is 52.8 Å². The number of likely N-dealkylation sites (N-methyl/N-ethyl adjacent to an activating group) is 1. The third kappa shape index (κ3) is 24.7. The number of aromatic nitrogens is 1. The molecule has 48 heteroatoms. The lowest BCUT2D eigenvalue weighted by atomic mass is 9.86. The predicted octanol–water partition coefficient (Wildman–Crippen LogP) is 2.61. The molecule has 8 aliphatic rings. The molecule has 3 fully saturated rings. The largest absolute Gasteiger partial charge is 0.573 e. The summed E-state index contributed by atoms with van der Waals surface area (Å²) in [6.07, 6.45) is -32.1. The normalized spacial score (nSPS) is 27.5. The number of carbonyl (C=O) groups is 9. The molecular formula is C95H106Cl2F3N13O30. The fourth-order valence-electron chi connectivity index (χ4n) is 17.4. The lowest BCUT2D eigenvalue weighted by Gasteiger charge is -2.46. The van der Waals surface area contributed by atoms with E-state index in [0.29, 0.717) is 12.0 Å². The van der Waals surface area contributed by atoms with Crippen molar-refractivity contribution in [3.8, 4) is 62.9 Å². The fourth-order valence-corrected chi connectivity index (χ4v) is 17.8. The maximum atomic E-state index is 16.7. The molecule has 0 saturated carbocycles. The molecule has 4 unspecified atom stereocenters. The van der Waals surface area contributed by atoms with Crippen molar-refractivity contribution >= 4 is 82.1 Å². The number of carboxylic acids is 1. The van der Waals surface area contributed by atoms with Gasteiger partial charge in [0.1, 0.15) is 126 Å². The number of carbonyl (C=O) groups excluding carboxylic acids is 8. The monoisotopic (exact) mass is 2040 g/mol. The molecule has 8 aliphatic heterocycles. The molecule has 0 aliphatic carbocycles. The zero-order valence-corrected chi connectivity index (χ0v) is 78.2. The van der Waals surface area contributed by atoms with Gasteiger partial charge in [0.2, 0.25) is 53.4 Å². The topological polar surface area (TPSA) is 665 Å². The van der Waals surface area contributed by atoms with Gasteiger partial charge in [0.15, 0.2) is 30.1 Å². The highest BCUT2D eigenvalue weighted by Crippen LogP contribution is 2.51. The van der Waals surface area contributed by atoms with E-state index in [1.165, 1.54) is 63.4 Å². The van der Waals surface area contributed by atoms with Crippen LogP contribution in [-0.2, 0) is 81.6 Å². The number of hydrogen-bond acceptors (Lipinski definition) is 34. The van der Waals surface area contributed by atoms with Crippen molar-refractivity contribution in [2.24, 2.45) is 17.4 Å². The second-order valence-electron chi connectivity index (χ2n) is 35.7. The number of ether oxygens (including phenoxy) is 9. The number of nitrogens with one attached hydrogen (secondary N) is 10. The van der Waals surface area contributed by atoms with E-state index in [1.54, 1.807) is 44.4 Å². The van der Waals surface area contributed by atoms with Gasteiger partial charge in [-0.2, -0.15) is 0 Å². The average molecular weight is 2040 g/mol. The van der Waals surface area contributed by atoms with Gasteiger partial charge < -0.3 is 169 Å². The number of pyridine rings is 1. The van der Waals surface area contributed by atoms with E-state index < -0.39 is 309 Å². The summed E-state index contributed by atoms with van der Waals surface area (Å²) in [5, 5.41) is 168. The van der Waals surface area contributed by atoms with Gasteiger partial charge in [-0.3, -0.25) is 43.3 Å². The van der Waals surface area contributed by atoms with Crippen LogP contribution in [0.5, 0.6) is 51.7 Å². The van der Waals surface area contributed by atoms with E-state index in [1.807, 2.05) is 0 Å². The molecular weight excluding hydrogens is 1930 g/mol. The van der Waals surface area contributed by atoms with Gasteiger partial charge in [0, 0.05) is 71.9 Å². The van der Waals surface area contributed by atoms with Crippen molar-refractivity contribution in [2.75, 3.05) is 32.1 Å². The molecule has 11 bridgehead atoms. The number of aliphatic hydroxyl groups is 8. The number of fused-ring (bicyclic) bond motifs is 15. The van der Waals surface area contributed by atoms with Gasteiger partial charge in [-0.25, -0.2) is 4.79 Å². The van der Waals surface area contributed by atoms with Crippen molar-refractivity contribution in [3.05, 3.63) is 206 Å². The summed E-state index contributed by atoms with van der Waals surface area (Å²) in [6, 6.07) is 11.6. The Morgan fingerprint density at radius 3 is 1.97 bits per heavy atom. The molecule has 8 aromatic rings. The summed E-state index contributed by atoms with van der Waals surface area (Å²) >= 11 is 14.6. The van der Waals surface area contributed by atoms with Crippen LogP contribution in [0.1, 0.15) is 132 Å². The molecule has 143 heavy (non-hydrogen) atoms. The first-order chi connectivity index (χ1) is 67.8. The number of aromatic hydroxyl groups is 3.